The van der Waals surface area contributed by atoms with E-state index in [9.17, 15) is 4.79 Å². The summed E-state index contributed by atoms with van der Waals surface area (Å²) < 4.78 is 2.04. The summed E-state index contributed by atoms with van der Waals surface area (Å²) in [5, 5.41) is 7.44. The lowest BCUT2D eigenvalue weighted by Crippen LogP contribution is -2.40. The molecule has 0 unspecified atom stereocenters. The Morgan fingerprint density at radius 1 is 1.29 bits per heavy atom. The van der Waals surface area contributed by atoms with Crippen molar-refractivity contribution in [2.75, 3.05) is 18.4 Å². The molecule has 0 bridgehead atoms. The molecule has 1 fully saturated rings. The number of urea groups is 1. The van der Waals surface area contributed by atoms with Crippen LogP contribution in [0.15, 0.2) is 42.0 Å². The summed E-state index contributed by atoms with van der Waals surface area (Å²) in [6.45, 7) is 1.55. The number of anilines is 1. The first kappa shape index (κ1) is 15.2. The smallest absolute Gasteiger partial charge is 0.321 e. The number of amides is 2. The van der Waals surface area contributed by atoms with E-state index in [0.717, 1.165) is 42.5 Å². The number of aryl methyl sites for hydroxylation is 1. The van der Waals surface area contributed by atoms with Gasteiger partial charge in [0.1, 0.15) is 0 Å². The van der Waals surface area contributed by atoms with Crippen molar-refractivity contribution in [3.63, 3.8) is 0 Å². The van der Waals surface area contributed by atoms with E-state index >= 15 is 0 Å². The zero-order valence-corrected chi connectivity index (χ0v) is 14.4. The van der Waals surface area contributed by atoms with Crippen molar-refractivity contribution in [2.24, 2.45) is 7.05 Å². The molecule has 24 heavy (non-hydrogen) atoms. The van der Waals surface area contributed by atoms with Crippen LogP contribution in [0, 0.1) is 0 Å². The van der Waals surface area contributed by atoms with Crippen LogP contribution < -0.4 is 5.32 Å². The van der Waals surface area contributed by atoms with Crippen LogP contribution in [-0.2, 0) is 7.05 Å². The van der Waals surface area contributed by atoms with Crippen molar-refractivity contribution >= 4 is 34.0 Å². The third-order valence-electron chi connectivity index (χ3n) is 4.72. The standard InChI is InChI=1S/C18H20N4OS/c1-21-9-5-13-3-2-4-15(16(13)21)20-18(23)22-10-6-14(7-11-22)17-19-8-12-24-17/h2-5,8-9,12,14H,6-7,10-11H2,1H3,(H,20,23). The van der Waals surface area contributed by atoms with Gasteiger partial charge in [0.05, 0.1) is 16.2 Å². The summed E-state index contributed by atoms with van der Waals surface area (Å²) in [5.74, 6) is 0.491. The summed E-state index contributed by atoms with van der Waals surface area (Å²) in [4.78, 5) is 19.0. The number of nitrogens with zero attached hydrogens (tertiary/aromatic N) is 3. The van der Waals surface area contributed by atoms with Gasteiger partial charge in [-0.3, -0.25) is 0 Å². The molecule has 0 saturated carbocycles. The molecule has 5 nitrogen and oxygen atoms in total. The van der Waals surface area contributed by atoms with Crippen LogP contribution >= 0.6 is 11.3 Å². The second-order valence-corrected chi connectivity index (χ2v) is 7.16. The second kappa shape index (κ2) is 6.28. The van der Waals surface area contributed by atoms with E-state index < -0.39 is 0 Å². The predicted octanol–water partition coefficient (Wildman–Crippen LogP) is 4.05. The molecule has 1 aliphatic rings. The molecule has 0 aliphatic carbocycles. The van der Waals surface area contributed by atoms with Gasteiger partial charge in [-0.15, -0.1) is 11.3 Å². The Balaban J connectivity index is 1.44. The Hall–Kier alpha value is -2.34. The van der Waals surface area contributed by atoms with E-state index in [1.807, 2.05) is 46.4 Å². The number of likely N-dealkylation sites (tertiary alicyclic amines) is 1. The molecule has 1 N–H and O–H groups in total. The Bertz CT molecular complexity index is 847. The quantitative estimate of drug-likeness (QED) is 0.765. The fraction of sp³-hybridized carbons (Fsp3) is 0.333. The molecule has 0 spiro atoms. The number of aromatic nitrogens is 2. The molecule has 4 rings (SSSR count). The third kappa shape index (κ3) is 2.78. The average molecular weight is 340 g/mol. The molecule has 1 aliphatic heterocycles. The highest BCUT2D eigenvalue weighted by molar-refractivity contribution is 7.09. The van der Waals surface area contributed by atoms with E-state index in [1.165, 1.54) is 5.01 Å². The number of rotatable bonds is 2. The zero-order valence-electron chi connectivity index (χ0n) is 13.6. The van der Waals surface area contributed by atoms with Crippen LogP contribution in [0.3, 0.4) is 0 Å². The van der Waals surface area contributed by atoms with Crippen LogP contribution in [0.2, 0.25) is 0 Å². The first-order valence-electron chi connectivity index (χ1n) is 8.22. The molecular formula is C18H20N4OS. The molecule has 3 heterocycles. The molecule has 6 heteroatoms. The molecular weight excluding hydrogens is 320 g/mol. The highest BCUT2D eigenvalue weighted by Crippen LogP contribution is 2.30. The number of thiazole rings is 1. The van der Waals surface area contributed by atoms with Gasteiger partial charge in [0.25, 0.3) is 0 Å². The van der Waals surface area contributed by atoms with Crippen LogP contribution in [0.5, 0.6) is 0 Å². The largest absolute Gasteiger partial charge is 0.349 e. The topological polar surface area (TPSA) is 50.2 Å². The summed E-state index contributed by atoms with van der Waals surface area (Å²) in [5.41, 5.74) is 1.93. The van der Waals surface area contributed by atoms with E-state index in [-0.39, 0.29) is 6.03 Å². The highest BCUT2D eigenvalue weighted by Gasteiger charge is 2.25. The maximum absolute atomic E-state index is 12.6. The first-order chi connectivity index (χ1) is 11.7. The average Bonchev–Trinajstić information content (AvgIpc) is 3.26. The van der Waals surface area contributed by atoms with Gasteiger partial charge in [-0.05, 0) is 25.0 Å². The van der Waals surface area contributed by atoms with Gasteiger partial charge in [0.2, 0.25) is 0 Å². The van der Waals surface area contributed by atoms with Crippen molar-refractivity contribution in [1.29, 1.82) is 0 Å². The number of piperidine rings is 1. The summed E-state index contributed by atoms with van der Waals surface area (Å²) >= 11 is 1.71. The van der Waals surface area contributed by atoms with Gasteiger partial charge in [-0.25, -0.2) is 9.78 Å². The number of carbonyl (C=O) groups excluding carboxylic acids is 1. The molecule has 2 amide bonds. The Kier molecular flexibility index (Phi) is 3.98. The Morgan fingerprint density at radius 2 is 2.12 bits per heavy atom. The van der Waals surface area contributed by atoms with Crippen LogP contribution in [0.1, 0.15) is 23.8 Å². The van der Waals surface area contributed by atoms with Crippen molar-refractivity contribution in [3.8, 4) is 0 Å². The maximum Gasteiger partial charge on any atom is 0.321 e. The lowest BCUT2D eigenvalue weighted by Gasteiger charge is -2.31. The third-order valence-corrected chi connectivity index (χ3v) is 5.66. The van der Waals surface area contributed by atoms with Gasteiger partial charge < -0.3 is 14.8 Å². The zero-order chi connectivity index (χ0) is 16.5. The number of hydrogen-bond donors (Lipinski definition) is 1. The highest BCUT2D eigenvalue weighted by atomic mass is 32.1. The van der Waals surface area contributed by atoms with Crippen LogP contribution in [0.4, 0.5) is 10.5 Å². The molecule has 124 valence electrons. The lowest BCUT2D eigenvalue weighted by atomic mass is 9.98. The van der Waals surface area contributed by atoms with Gasteiger partial charge in [0, 0.05) is 49.2 Å². The Labute approximate surface area is 144 Å². The fourth-order valence-corrected chi connectivity index (χ4v) is 4.23. The van der Waals surface area contributed by atoms with Crippen LogP contribution in [-0.4, -0.2) is 33.6 Å². The fourth-order valence-electron chi connectivity index (χ4n) is 3.42. The van der Waals surface area contributed by atoms with E-state index in [0.29, 0.717) is 5.92 Å². The predicted molar refractivity (Wildman–Crippen MR) is 97.6 cm³/mol. The van der Waals surface area contributed by atoms with Crippen molar-refractivity contribution in [2.45, 2.75) is 18.8 Å². The maximum atomic E-state index is 12.6. The van der Waals surface area contributed by atoms with Crippen molar-refractivity contribution < 1.29 is 4.79 Å². The normalized spacial score (nSPS) is 15.8. The molecule has 1 saturated heterocycles. The molecule has 2 aromatic heterocycles. The van der Waals surface area contributed by atoms with Crippen molar-refractivity contribution in [1.82, 2.24) is 14.5 Å². The van der Waals surface area contributed by atoms with Gasteiger partial charge in [-0.2, -0.15) is 0 Å². The number of hydrogen-bond acceptors (Lipinski definition) is 3. The summed E-state index contributed by atoms with van der Waals surface area (Å²) in [6.07, 6.45) is 5.84. The summed E-state index contributed by atoms with van der Waals surface area (Å²) in [7, 11) is 2.00. The SMILES string of the molecule is Cn1ccc2cccc(NC(=O)N3CCC(c4nccs4)CC3)c21. The monoisotopic (exact) mass is 340 g/mol. The van der Waals surface area contributed by atoms with Gasteiger partial charge in [0.15, 0.2) is 0 Å². The number of nitrogens with one attached hydrogen (secondary N) is 1. The molecule has 1 aromatic carbocycles. The Morgan fingerprint density at radius 3 is 2.88 bits per heavy atom. The van der Waals surface area contributed by atoms with E-state index in [4.69, 9.17) is 0 Å². The van der Waals surface area contributed by atoms with Crippen LogP contribution in [0.25, 0.3) is 10.9 Å². The van der Waals surface area contributed by atoms with E-state index in [1.54, 1.807) is 11.3 Å². The van der Waals surface area contributed by atoms with Gasteiger partial charge in [-0.1, -0.05) is 12.1 Å². The van der Waals surface area contributed by atoms with Crippen molar-refractivity contribution in [3.05, 3.63) is 47.0 Å². The minimum Gasteiger partial charge on any atom is -0.349 e. The first-order valence-corrected chi connectivity index (χ1v) is 9.10. The molecule has 0 radical (unpaired) electrons. The van der Waals surface area contributed by atoms with Gasteiger partial charge >= 0.3 is 6.03 Å². The number of fused-ring (bicyclic) bond motifs is 1. The lowest BCUT2D eigenvalue weighted by molar-refractivity contribution is 0.194. The second-order valence-electron chi connectivity index (χ2n) is 6.23. The molecule has 0 atom stereocenters. The van der Waals surface area contributed by atoms with E-state index in [2.05, 4.69) is 22.4 Å². The number of benzene rings is 1. The molecule has 3 aromatic rings. The number of carbonyl (C=O) groups is 1. The summed E-state index contributed by atoms with van der Waals surface area (Å²) in [6, 6.07) is 8.05. The minimum absolute atomic E-state index is 0.0127. The number of para-hydroxylation sites is 1. The minimum atomic E-state index is -0.0127.